The molecule has 6 heteroatoms. The Morgan fingerprint density at radius 1 is 1.10 bits per heavy atom. The van der Waals surface area contributed by atoms with Crippen molar-refractivity contribution in [3.63, 3.8) is 0 Å². The fraction of sp³-hybridized carbons (Fsp3) is 0.929. The monoisotopic (exact) mass is 300 g/mol. The highest BCUT2D eigenvalue weighted by Gasteiger charge is 2.38. The molecule has 0 aromatic rings. The largest absolute Gasteiger partial charge is 0.337 e. The molecule has 3 aliphatic rings. The minimum atomic E-state index is -2.96. The van der Waals surface area contributed by atoms with E-state index in [1.54, 1.807) is 0 Å². The van der Waals surface area contributed by atoms with Crippen LogP contribution in [-0.2, 0) is 9.84 Å². The van der Waals surface area contributed by atoms with Crippen LogP contribution in [0.25, 0.3) is 0 Å². The third kappa shape index (κ3) is 2.67. The van der Waals surface area contributed by atoms with Gasteiger partial charge in [-0.15, -0.1) is 0 Å². The van der Waals surface area contributed by atoms with Crippen LogP contribution in [0, 0.1) is 5.92 Å². The molecule has 3 rings (SSSR count). The van der Waals surface area contributed by atoms with E-state index in [1.807, 2.05) is 4.90 Å². The van der Waals surface area contributed by atoms with Gasteiger partial charge in [0, 0.05) is 19.1 Å². The van der Waals surface area contributed by atoms with Crippen molar-refractivity contribution in [3.05, 3.63) is 0 Å². The number of nitrogens with one attached hydrogen (secondary N) is 1. The van der Waals surface area contributed by atoms with Crippen molar-refractivity contribution >= 4 is 15.9 Å². The number of sulfone groups is 1. The summed E-state index contributed by atoms with van der Waals surface area (Å²) in [6.45, 7) is 1.11. The van der Waals surface area contributed by atoms with Gasteiger partial charge in [0.25, 0.3) is 0 Å². The third-order valence-electron chi connectivity index (χ3n) is 5.20. The van der Waals surface area contributed by atoms with Gasteiger partial charge in [-0.1, -0.05) is 6.42 Å². The lowest BCUT2D eigenvalue weighted by Crippen LogP contribution is -2.48. The van der Waals surface area contributed by atoms with Crippen LogP contribution in [0.3, 0.4) is 0 Å². The second kappa shape index (κ2) is 5.54. The summed E-state index contributed by atoms with van der Waals surface area (Å²) < 4.78 is 23.5. The first-order chi connectivity index (χ1) is 9.58. The molecule has 1 saturated carbocycles. The lowest BCUT2D eigenvalue weighted by Gasteiger charge is -2.37. The first kappa shape index (κ1) is 14.2. The first-order valence-corrected chi connectivity index (χ1v) is 9.55. The zero-order chi connectivity index (χ0) is 14.2. The Labute approximate surface area is 121 Å². The molecule has 2 aliphatic heterocycles. The van der Waals surface area contributed by atoms with Crippen molar-refractivity contribution in [3.8, 4) is 0 Å². The third-order valence-corrected chi connectivity index (χ3v) is 7.47. The molecule has 0 spiro atoms. The fourth-order valence-electron chi connectivity index (χ4n) is 3.75. The van der Waals surface area contributed by atoms with Gasteiger partial charge in [-0.05, 0) is 44.4 Å². The molecule has 1 N–H and O–H groups in total. The summed E-state index contributed by atoms with van der Waals surface area (Å²) in [5.41, 5.74) is 0. The van der Waals surface area contributed by atoms with E-state index in [-0.39, 0.29) is 23.6 Å². The smallest absolute Gasteiger partial charge is 0.317 e. The van der Waals surface area contributed by atoms with Crippen LogP contribution in [0.5, 0.6) is 0 Å². The highest BCUT2D eigenvalue weighted by molar-refractivity contribution is 7.92. The van der Waals surface area contributed by atoms with E-state index in [2.05, 4.69) is 5.32 Å². The summed E-state index contributed by atoms with van der Waals surface area (Å²) in [7, 11) is -2.96. The van der Waals surface area contributed by atoms with Gasteiger partial charge >= 0.3 is 6.03 Å². The standard InChI is InChI=1S/C14H24N2O3S/c17-14(15-10-12-6-3-9-20(12,18)19)16-8-2-7-13(16)11-4-1-5-11/h11-13H,1-10H2,(H,15,17)/t12-,13-/m0/s1. The van der Waals surface area contributed by atoms with Crippen molar-refractivity contribution in [1.82, 2.24) is 10.2 Å². The van der Waals surface area contributed by atoms with Crippen molar-refractivity contribution in [1.29, 1.82) is 0 Å². The van der Waals surface area contributed by atoms with Crippen LogP contribution in [0.4, 0.5) is 4.79 Å². The molecule has 0 unspecified atom stereocenters. The molecule has 0 aromatic heterocycles. The first-order valence-electron chi connectivity index (χ1n) is 7.84. The van der Waals surface area contributed by atoms with Crippen molar-refractivity contribution < 1.29 is 13.2 Å². The number of urea groups is 1. The topological polar surface area (TPSA) is 66.5 Å². The maximum Gasteiger partial charge on any atom is 0.317 e. The van der Waals surface area contributed by atoms with E-state index in [0.717, 1.165) is 25.8 Å². The van der Waals surface area contributed by atoms with Gasteiger partial charge in [-0.25, -0.2) is 13.2 Å². The van der Waals surface area contributed by atoms with E-state index in [1.165, 1.54) is 19.3 Å². The number of carbonyl (C=O) groups is 1. The molecule has 2 saturated heterocycles. The maximum atomic E-state index is 12.3. The zero-order valence-corrected chi connectivity index (χ0v) is 12.7. The van der Waals surface area contributed by atoms with Gasteiger partial charge in [-0.3, -0.25) is 0 Å². The maximum absolute atomic E-state index is 12.3. The van der Waals surface area contributed by atoms with Gasteiger partial charge < -0.3 is 10.2 Å². The fourth-order valence-corrected chi connectivity index (χ4v) is 5.51. The second-order valence-corrected chi connectivity index (χ2v) is 8.81. The molecule has 2 atom stereocenters. The molecule has 114 valence electrons. The van der Waals surface area contributed by atoms with Crippen LogP contribution in [0.15, 0.2) is 0 Å². The molecule has 20 heavy (non-hydrogen) atoms. The number of likely N-dealkylation sites (tertiary alicyclic amines) is 1. The van der Waals surface area contributed by atoms with Crippen LogP contribution in [0.1, 0.15) is 44.9 Å². The van der Waals surface area contributed by atoms with Gasteiger partial charge in [0.1, 0.15) is 0 Å². The number of hydrogen-bond acceptors (Lipinski definition) is 3. The van der Waals surface area contributed by atoms with Crippen molar-refractivity contribution in [2.24, 2.45) is 5.92 Å². The highest BCUT2D eigenvalue weighted by Crippen LogP contribution is 2.37. The van der Waals surface area contributed by atoms with Gasteiger partial charge in [0.2, 0.25) is 0 Å². The number of nitrogens with zero attached hydrogens (tertiary/aromatic N) is 1. The lowest BCUT2D eigenvalue weighted by atomic mass is 9.79. The average Bonchev–Trinajstić information content (AvgIpc) is 2.91. The van der Waals surface area contributed by atoms with E-state index in [0.29, 0.717) is 18.4 Å². The summed E-state index contributed by atoms with van der Waals surface area (Å²) in [5, 5.41) is 2.50. The summed E-state index contributed by atoms with van der Waals surface area (Å²) in [4.78, 5) is 14.2. The van der Waals surface area contributed by atoms with Crippen LogP contribution >= 0.6 is 0 Å². The Balaban J connectivity index is 1.53. The van der Waals surface area contributed by atoms with E-state index in [4.69, 9.17) is 0 Å². The predicted molar refractivity (Wildman–Crippen MR) is 77.3 cm³/mol. The SMILES string of the molecule is O=C(NC[C@@H]1CCCS1(=O)=O)N1CCC[C@H]1C1CCC1. The van der Waals surface area contributed by atoms with Crippen LogP contribution in [-0.4, -0.2) is 49.5 Å². The summed E-state index contributed by atoms with van der Waals surface area (Å²) >= 11 is 0. The quantitative estimate of drug-likeness (QED) is 0.859. The van der Waals surface area contributed by atoms with Gasteiger partial charge in [-0.2, -0.15) is 0 Å². The van der Waals surface area contributed by atoms with Crippen molar-refractivity contribution in [2.45, 2.75) is 56.2 Å². The summed E-state index contributed by atoms with van der Waals surface area (Å²) in [6, 6.07) is 0.338. The molecule has 0 radical (unpaired) electrons. The Morgan fingerprint density at radius 2 is 1.90 bits per heavy atom. The second-order valence-electron chi connectivity index (χ2n) is 6.41. The number of hydrogen-bond donors (Lipinski definition) is 1. The summed E-state index contributed by atoms with van der Waals surface area (Å²) in [5.74, 6) is 0.959. The number of rotatable bonds is 3. The normalized spacial score (nSPS) is 33.1. The van der Waals surface area contributed by atoms with Crippen LogP contribution in [0.2, 0.25) is 0 Å². The molecule has 0 bridgehead atoms. The molecule has 3 fully saturated rings. The molecule has 2 heterocycles. The highest BCUT2D eigenvalue weighted by atomic mass is 32.2. The predicted octanol–water partition coefficient (Wildman–Crippen LogP) is 1.54. The minimum absolute atomic E-state index is 0.0542. The molecular formula is C14H24N2O3S. The van der Waals surface area contributed by atoms with E-state index in [9.17, 15) is 13.2 Å². The number of amides is 2. The Bertz CT molecular complexity index is 473. The summed E-state index contributed by atoms with van der Waals surface area (Å²) in [6.07, 6.45) is 7.38. The average molecular weight is 300 g/mol. The minimum Gasteiger partial charge on any atom is -0.337 e. The molecule has 2 amide bonds. The van der Waals surface area contributed by atoms with E-state index < -0.39 is 9.84 Å². The molecular weight excluding hydrogens is 276 g/mol. The molecule has 5 nitrogen and oxygen atoms in total. The zero-order valence-electron chi connectivity index (χ0n) is 11.9. The van der Waals surface area contributed by atoms with Crippen LogP contribution < -0.4 is 5.32 Å². The van der Waals surface area contributed by atoms with E-state index >= 15 is 0 Å². The van der Waals surface area contributed by atoms with Gasteiger partial charge in [0.15, 0.2) is 9.84 Å². The number of carbonyl (C=O) groups excluding carboxylic acids is 1. The Hall–Kier alpha value is -0.780. The molecule has 1 aliphatic carbocycles. The molecule has 0 aromatic carbocycles. The Kier molecular flexibility index (Phi) is 3.93. The lowest BCUT2D eigenvalue weighted by molar-refractivity contribution is 0.139. The Morgan fingerprint density at radius 3 is 2.50 bits per heavy atom. The van der Waals surface area contributed by atoms with Gasteiger partial charge in [0.05, 0.1) is 11.0 Å². The van der Waals surface area contributed by atoms with Crippen molar-refractivity contribution in [2.75, 3.05) is 18.8 Å².